The number of nitrogens with zero attached hydrogens (tertiary/aromatic N) is 1. The first kappa shape index (κ1) is 13.1. The van der Waals surface area contributed by atoms with Gasteiger partial charge in [-0.1, -0.05) is 19.1 Å². The quantitative estimate of drug-likeness (QED) is 0.867. The van der Waals surface area contributed by atoms with E-state index in [-0.39, 0.29) is 6.04 Å². The summed E-state index contributed by atoms with van der Waals surface area (Å²) in [5, 5.41) is 6.37. The van der Waals surface area contributed by atoms with Crippen LogP contribution in [-0.2, 0) is 0 Å². The normalized spacial score (nSPS) is 12.3. The fourth-order valence-corrected chi connectivity index (χ4v) is 2.56. The van der Waals surface area contributed by atoms with E-state index < -0.39 is 0 Å². The monoisotopic (exact) mass is 262 g/mol. The first-order valence-corrected chi connectivity index (χ1v) is 7.02. The highest BCUT2D eigenvalue weighted by atomic mass is 32.1. The molecule has 4 heteroatoms. The second-order valence-electron chi connectivity index (χ2n) is 4.01. The lowest BCUT2D eigenvalue weighted by molar-refractivity contribution is 0.317. The summed E-state index contributed by atoms with van der Waals surface area (Å²) in [7, 11) is 1.95. The van der Waals surface area contributed by atoms with Crippen molar-refractivity contribution in [2.75, 3.05) is 13.7 Å². The van der Waals surface area contributed by atoms with E-state index in [4.69, 9.17) is 4.74 Å². The van der Waals surface area contributed by atoms with Crippen LogP contribution in [0, 0.1) is 0 Å². The van der Waals surface area contributed by atoms with Crippen LogP contribution in [0.4, 0.5) is 0 Å². The Morgan fingerprint density at radius 1 is 1.33 bits per heavy atom. The van der Waals surface area contributed by atoms with Crippen molar-refractivity contribution < 1.29 is 4.74 Å². The molecule has 1 aromatic heterocycles. The smallest absolute Gasteiger partial charge is 0.119 e. The maximum atomic E-state index is 5.58. The van der Waals surface area contributed by atoms with E-state index in [0.29, 0.717) is 0 Å². The van der Waals surface area contributed by atoms with Crippen LogP contribution in [0.25, 0.3) is 0 Å². The Morgan fingerprint density at radius 3 is 2.67 bits per heavy atom. The predicted molar refractivity (Wildman–Crippen MR) is 75.2 cm³/mol. The molecule has 1 aromatic carbocycles. The molecular weight excluding hydrogens is 244 g/mol. The molecule has 96 valence electrons. The lowest BCUT2D eigenvalue weighted by atomic mass is 10.1. The van der Waals surface area contributed by atoms with Crippen LogP contribution < -0.4 is 10.1 Å². The molecule has 2 rings (SSSR count). The van der Waals surface area contributed by atoms with Gasteiger partial charge in [0.2, 0.25) is 0 Å². The zero-order valence-electron chi connectivity index (χ0n) is 10.7. The summed E-state index contributed by atoms with van der Waals surface area (Å²) >= 11 is 1.66. The van der Waals surface area contributed by atoms with Gasteiger partial charge in [-0.15, -0.1) is 11.3 Å². The maximum Gasteiger partial charge on any atom is 0.119 e. The molecule has 1 heterocycles. The molecule has 0 bridgehead atoms. The number of rotatable bonds is 6. The highest BCUT2D eigenvalue weighted by Gasteiger charge is 2.14. The van der Waals surface area contributed by atoms with E-state index in [2.05, 4.69) is 29.4 Å². The number of hydrogen-bond acceptors (Lipinski definition) is 4. The predicted octanol–water partition coefficient (Wildman–Crippen LogP) is 3.24. The fourth-order valence-electron chi connectivity index (χ4n) is 1.79. The van der Waals surface area contributed by atoms with E-state index >= 15 is 0 Å². The Bertz CT molecular complexity index is 453. The Balaban J connectivity index is 2.12. The SMILES string of the molecule is CCCOc1ccc(C(NC)c2nccs2)cc1. The summed E-state index contributed by atoms with van der Waals surface area (Å²) in [6, 6.07) is 8.37. The van der Waals surface area contributed by atoms with Crippen molar-refractivity contribution in [1.29, 1.82) is 0 Å². The molecule has 0 radical (unpaired) electrons. The van der Waals surface area contributed by atoms with Crippen molar-refractivity contribution in [3.63, 3.8) is 0 Å². The topological polar surface area (TPSA) is 34.1 Å². The second-order valence-corrected chi connectivity index (χ2v) is 4.94. The molecule has 2 aromatic rings. The molecule has 0 aliphatic carbocycles. The molecule has 0 fully saturated rings. The fraction of sp³-hybridized carbons (Fsp3) is 0.357. The lowest BCUT2D eigenvalue weighted by Gasteiger charge is -2.14. The molecule has 1 N–H and O–H groups in total. The zero-order chi connectivity index (χ0) is 12.8. The van der Waals surface area contributed by atoms with E-state index in [1.807, 2.05) is 30.8 Å². The third-order valence-corrected chi connectivity index (χ3v) is 3.51. The first-order chi connectivity index (χ1) is 8.85. The number of benzene rings is 1. The van der Waals surface area contributed by atoms with Crippen molar-refractivity contribution in [2.45, 2.75) is 19.4 Å². The molecule has 0 aliphatic heterocycles. The summed E-state index contributed by atoms with van der Waals surface area (Å²) in [5.74, 6) is 0.926. The van der Waals surface area contributed by atoms with Crippen molar-refractivity contribution in [3.05, 3.63) is 46.4 Å². The van der Waals surface area contributed by atoms with Crippen LogP contribution in [-0.4, -0.2) is 18.6 Å². The first-order valence-electron chi connectivity index (χ1n) is 6.14. The van der Waals surface area contributed by atoms with Gasteiger partial charge in [0.1, 0.15) is 10.8 Å². The Hall–Kier alpha value is -1.39. The summed E-state index contributed by atoms with van der Waals surface area (Å²) < 4.78 is 5.58. The largest absolute Gasteiger partial charge is 0.494 e. The van der Waals surface area contributed by atoms with E-state index in [0.717, 1.165) is 23.8 Å². The summed E-state index contributed by atoms with van der Waals surface area (Å²) in [6.07, 6.45) is 2.86. The Labute approximate surface area is 112 Å². The van der Waals surface area contributed by atoms with Gasteiger partial charge in [-0.25, -0.2) is 4.98 Å². The van der Waals surface area contributed by atoms with Crippen molar-refractivity contribution in [3.8, 4) is 5.75 Å². The zero-order valence-corrected chi connectivity index (χ0v) is 11.5. The van der Waals surface area contributed by atoms with Crippen molar-refractivity contribution >= 4 is 11.3 Å². The number of hydrogen-bond donors (Lipinski definition) is 1. The number of aromatic nitrogens is 1. The molecule has 0 amide bonds. The van der Waals surface area contributed by atoms with Gasteiger partial charge in [0.25, 0.3) is 0 Å². The van der Waals surface area contributed by atoms with Crippen molar-refractivity contribution in [1.82, 2.24) is 10.3 Å². The summed E-state index contributed by atoms with van der Waals surface area (Å²) in [5.41, 5.74) is 1.20. The number of thiazole rings is 1. The van der Waals surface area contributed by atoms with Gasteiger partial charge in [0.15, 0.2) is 0 Å². The minimum absolute atomic E-state index is 0.158. The summed E-state index contributed by atoms with van der Waals surface area (Å²) in [4.78, 5) is 4.36. The Morgan fingerprint density at radius 2 is 2.11 bits per heavy atom. The minimum Gasteiger partial charge on any atom is -0.494 e. The van der Waals surface area contributed by atoms with Crippen LogP contribution in [0.2, 0.25) is 0 Å². The second kappa shape index (κ2) is 6.52. The average molecular weight is 262 g/mol. The third kappa shape index (κ3) is 3.09. The highest BCUT2D eigenvalue weighted by Crippen LogP contribution is 2.25. The lowest BCUT2D eigenvalue weighted by Crippen LogP contribution is -2.17. The van der Waals surface area contributed by atoms with Crippen LogP contribution >= 0.6 is 11.3 Å². The molecule has 1 unspecified atom stereocenters. The molecular formula is C14H18N2OS. The average Bonchev–Trinajstić information content (AvgIpc) is 2.93. The maximum absolute atomic E-state index is 5.58. The standard InChI is InChI=1S/C14H18N2OS/c1-3-9-17-12-6-4-11(5-7-12)13(15-2)14-16-8-10-18-14/h4-8,10,13,15H,3,9H2,1-2H3. The molecule has 0 saturated heterocycles. The molecule has 0 spiro atoms. The van der Waals surface area contributed by atoms with Crippen LogP contribution in [0.3, 0.4) is 0 Å². The van der Waals surface area contributed by atoms with Gasteiger partial charge in [-0.05, 0) is 31.2 Å². The van der Waals surface area contributed by atoms with Gasteiger partial charge < -0.3 is 10.1 Å². The molecule has 0 aliphatic rings. The molecule has 0 saturated carbocycles. The van der Waals surface area contributed by atoms with Crippen LogP contribution in [0.5, 0.6) is 5.75 Å². The van der Waals surface area contributed by atoms with Crippen LogP contribution in [0.1, 0.15) is 30.0 Å². The van der Waals surface area contributed by atoms with Gasteiger partial charge in [0.05, 0.1) is 12.6 Å². The third-order valence-electron chi connectivity index (χ3n) is 2.67. The van der Waals surface area contributed by atoms with Gasteiger partial charge in [0, 0.05) is 11.6 Å². The van der Waals surface area contributed by atoms with Gasteiger partial charge >= 0.3 is 0 Å². The summed E-state index contributed by atoms with van der Waals surface area (Å²) in [6.45, 7) is 2.87. The molecule has 3 nitrogen and oxygen atoms in total. The highest BCUT2D eigenvalue weighted by molar-refractivity contribution is 7.09. The van der Waals surface area contributed by atoms with E-state index in [1.54, 1.807) is 11.3 Å². The Kier molecular flexibility index (Phi) is 4.73. The van der Waals surface area contributed by atoms with Gasteiger partial charge in [-0.2, -0.15) is 0 Å². The van der Waals surface area contributed by atoms with Crippen molar-refractivity contribution in [2.24, 2.45) is 0 Å². The van der Waals surface area contributed by atoms with E-state index in [1.165, 1.54) is 5.56 Å². The van der Waals surface area contributed by atoms with Crippen LogP contribution in [0.15, 0.2) is 35.8 Å². The minimum atomic E-state index is 0.158. The molecule has 18 heavy (non-hydrogen) atoms. The molecule has 1 atom stereocenters. The number of nitrogens with one attached hydrogen (secondary N) is 1. The van der Waals surface area contributed by atoms with Gasteiger partial charge in [-0.3, -0.25) is 0 Å². The van der Waals surface area contributed by atoms with E-state index in [9.17, 15) is 0 Å². The number of ether oxygens (including phenoxy) is 1.